The lowest BCUT2D eigenvalue weighted by molar-refractivity contribution is -0.0229. The Balaban J connectivity index is 2.17. The standard InChI is InChI=1S/C17H21O2P/c1-3-17(2,20)16(18-14-10-6-4-7-11-14)19-15-12-8-5-9-13-15/h4-13,16H,3,20H2,1-2H3. The van der Waals surface area contributed by atoms with E-state index in [-0.39, 0.29) is 11.4 Å². The Bertz CT molecular complexity index is 470. The Morgan fingerprint density at radius 3 is 1.65 bits per heavy atom. The van der Waals surface area contributed by atoms with Crippen LogP contribution in [0.5, 0.6) is 11.5 Å². The molecule has 2 atom stereocenters. The highest BCUT2D eigenvalue weighted by Crippen LogP contribution is 2.31. The molecule has 0 N–H and O–H groups in total. The number of hydrogen-bond acceptors (Lipinski definition) is 2. The molecule has 2 aromatic carbocycles. The van der Waals surface area contributed by atoms with E-state index < -0.39 is 0 Å². The van der Waals surface area contributed by atoms with E-state index in [1.807, 2.05) is 60.7 Å². The summed E-state index contributed by atoms with van der Waals surface area (Å²) in [6.07, 6.45) is 0.574. The zero-order valence-electron chi connectivity index (χ0n) is 12.0. The topological polar surface area (TPSA) is 18.5 Å². The lowest BCUT2D eigenvalue weighted by atomic mass is 10.1. The summed E-state index contributed by atoms with van der Waals surface area (Å²) in [5, 5.41) is -0.161. The molecule has 0 aliphatic carbocycles. The maximum absolute atomic E-state index is 6.03. The van der Waals surface area contributed by atoms with Gasteiger partial charge in [0.25, 0.3) is 0 Å². The predicted octanol–water partition coefficient (Wildman–Crippen LogP) is 4.51. The van der Waals surface area contributed by atoms with Gasteiger partial charge in [-0.2, -0.15) is 0 Å². The highest BCUT2D eigenvalue weighted by atomic mass is 31.0. The van der Waals surface area contributed by atoms with Gasteiger partial charge in [0.15, 0.2) is 0 Å². The van der Waals surface area contributed by atoms with Gasteiger partial charge in [0.1, 0.15) is 11.5 Å². The lowest BCUT2D eigenvalue weighted by Crippen LogP contribution is -2.42. The summed E-state index contributed by atoms with van der Waals surface area (Å²) in [5.41, 5.74) is 0. The summed E-state index contributed by atoms with van der Waals surface area (Å²) < 4.78 is 12.1. The van der Waals surface area contributed by atoms with E-state index in [0.29, 0.717) is 0 Å². The molecule has 0 aliphatic heterocycles. The van der Waals surface area contributed by atoms with Crippen LogP contribution in [0.3, 0.4) is 0 Å². The van der Waals surface area contributed by atoms with E-state index in [2.05, 4.69) is 23.1 Å². The number of ether oxygens (including phenoxy) is 2. The van der Waals surface area contributed by atoms with E-state index in [1.54, 1.807) is 0 Å². The third-order valence-electron chi connectivity index (χ3n) is 3.27. The number of rotatable bonds is 6. The van der Waals surface area contributed by atoms with Gasteiger partial charge in [-0.05, 0) is 37.6 Å². The van der Waals surface area contributed by atoms with Gasteiger partial charge in [0.05, 0.1) is 5.16 Å². The highest BCUT2D eigenvalue weighted by Gasteiger charge is 2.32. The highest BCUT2D eigenvalue weighted by molar-refractivity contribution is 7.19. The normalized spacial score (nSPS) is 13.8. The first-order valence-electron chi connectivity index (χ1n) is 6.84. The summed E-state index contributed by atoms with van der Waals surface area (Å²) in [6.45, 7) is 4.25. The third-order valence-corrected chi connectivity index (χ3v) is 3.95. The third kappa shape index (κ3) is 3.98. The molecule has 0 aliphatic rings. The Labute approximate surface area is 123 Å². The first-order chi connectivity index (χ1) is 9.62. The number of para-hydroxylation sites is 2. The van der Waals surface area contributed by atoms with Crippen molar-refractivity contribution < 1.29 is 9.47 Å². The van der Waals surface area contributed by atoms with Crippen LogP contribution < -0.4 is 9.47 Å². The molecule has 0 aromatic heterocycles. The molecule has 0 saturated carbocycles. The molecule has 0 bridgehead atoms. The summed E-state index contributed by atoms with van der Waals surface area (Å²) >= 11 is 0. The second-order valence-corrected chi connectivity index (χ2v) is 6.37. The van der Waals surface area contributed by atoms with Crippen LogP contribution in [0.4, 0.5) is 0 Å². The Hall–Kier alpha value is -1.53. The zero-order valence-corrected chi connectivity index (χ0v) is 13.1. The average Bonchev–Trinajstić information content (AvgIpc) is 2.49. The van der Waals surface area contributed by atoms with Crippen molar-refractivity contribution in [2.24, 2.45) is 0 Å². The molecule has 106 valence electrons. The molecule has 2 rings (SSSR count). The summed E-state index contributed by atoms with van der Waals surface area (Å²) in [4.78, 5) is 0. The second kappa shape index (κ2) is 6.76. The van der Waals surface area contributed by atoms with Crippen molar-refractivity contribution in [2.45, 2.75) is 31.7 Å². The van der Waals surface area contributed by atoms with Gasteiger partial charge in [0.2, 0.25) is 6.29 Å². The summed E-state index contributed by atoms with van der Waals surface area (Å²) in [6, 6.07) is 19.5. The fourth-order valence-electron chi connectivity index (χ4n) is 1.71. The zero-order chi connectivity index (χ0) is 14.4. The molecular formula is C17H21O2P. The van der Waals surface area contributed by atoms with E-state index in [1.165, 1.54) is 0 Å². The maximum Gasteiger partial charge on any atom is 0.249 e. The van der Waals surface area contributed by atoms with Crippen molar-refractivity contribution >= 4 is 9.24 Å². The van der Waals surface area contributed by atoms with Crippen LogP contribution >= 0.6 is 9.24 Å². The van der Waals surface area contributed by atoms with Gasteiger partial charge in [0, 0.05) is 0 Å². The van der Waals surface area contributed by atoms with Crippen LogP contribution in [-0.2, 0) is 0 Å². The predicted molar refractivity (Wildman–Crippen MR) is 86.3 cm³/mol. The first-order valence-corrected chi connectivity index (χ1v) is 7.42. The van der Waals surface area contributed by atoms with Crippen molar-refractivity contribution in [3.63, 3.8) is 0 Å². The molecule has 0 radical (unpaired) electrons. The molecule has 0 heterocycles. The molecule has 2 nitrogen and oxygen atoms in total. The SMILES string of the molecule is CCC(C)(P)C(Oc1ccccc1)Oc1ccccc1. The van der Waals surface area contributed by atoms with Gasteiger partial charge >= 0.3 is 0 Å². The second-order valence-electron chi connectivity index (χ2n) is 5.05. The van der Waals surface area contributed by atoms with Crippen LogP contribution in [-0.4, -0.2) is 11.4 Å². The van der Waals surface area contributed by atoms with Crippen LogP contribution in [0.1, 0.15) is 20.3 Å². The van der Waals surface area contributed by atoms with Crippen LogP contribution in [0, 0.1) is 0 Å². The summed E-state index contributed by atoms with van der Waals surface area (Å²) in [7, 11) is 2.85. The van der Waals surface area contributed by atoms with E-state index in [4.69, 9.17) is 9.47 Å². The fourth-order valence-corrected chi connectivity index (χ4v) is 1.84. The van der Waals surface area contributed by atoms with Crippen molar-refractivity contribution in [1.82, 2.24) is 0 Å². The molecule has 0 spiro atoms. The number of hydrogen-bond donors (Lipinski definition) is 0. The monoisotopic (exact) mass is 288 g/mol. The fraction of sp³-hybridized carbons (Fsp3) is 0.294. The van der Waals surface area contributed by atoms with Crippen LogP contribution in [0.15, 0.2) is 60.7 Å². The minimum absolute atomic E-state index is 0.161. The molecule has 0 amide bonds. The van der Waals surface area contributed by atoms with Gasteiger partial charge in [-0.25, -0.2) is 0 Å². The molecule has 3 heteroatoms. The molecule has 20 heavy (non-hydrogen) atoms. The maximum atomic E-state index is 6.03. The smallest absolute Gasteiger partial charge is 0.249 e. The largest absolute Gasteiger partial charge is 0.454 e. The molecule has 0 saturated heterocycles. The molecular weight excluding hydrogens is 267 g/mol. The van der Waals surface area contributed by atoms with E-state index >= 15 is 0 Å². The summed E-state index contributed by atoms with van der Waals surface area (Å²) in [5.74, 6) is 1.63. The van der Waals surface area contributed by atoms with Crippen molar-refractivity contribution in [3.05, 3.63) is 60.7 Å². The minimum atomic E-state index is -0.359. The van der Waals surface area contributed by atoms with Gasteiger partial charge < -0.3 is 9.47 Å². The first kappa shape index (κ1) is 14.9. The van der Waals surface area contributed by atoms with E-state index in [9.17, 15) is 0 Å². The van der Waals surface area contributed by atoms with Crippen LogP contribution in [0.2, 0.25) is 0 Å². The van der Waals surface area contributed by atoms with Crippen LogP contribution in [0.25, 0.3) is 0 Å². The average molecular weight is 288 g/mol. The molecule has 2 aromatic rings. The van der Waals surface area contributed by atoms with Gasteiger partial charge in [-0.15, -0.1) is 9.24 Å². The van der Waals surface area contributed by atoms with Gasteiger partial charge in [-0.3, -0.25) is 0 Å². The molecule has 2 unspecified atom stereocenters. The van der Waals surface area contributed by atoms with Crippen molar-refractivity contribution in [3.8, 4) is 11.5 Å². The Morgan fingerprint density at radius 1 is 0.900 bits per heavy atom. The van der Waals surface area contributed by atoms with E-state index in [0.717, 1.165) is 17.9 Å². The molecule has 0 fully saturated rings. The minimum Gasteiger partial charge on any atom is -0.454 e. The van der Waals surface area contributed by atoms with Crippen molar-refractivity contribution in [1.29, 1.82) is 0 Å². The number of benzene rings is 2. The van der Waals surface area contributed by atoms with Gasteiger partial charge in [-0.1, -0.05) is 43.3 Å². The lowest BCUT2D eigenvalue weighted by Gasteiger charge is -2.33. The van der Waals surface area contributed by atoms with Crippen molar-refractivity contribution in [2.75, 3.05) is 0 Å². The Morgan fingerprint density at radius 2 is 1.30 bits per heavy atom. The quantitative estimate of drug-likeness (QED) is 0.575. The Kier molecular flexibility index (Phi) is 5.03.